The highest BCUT2D eigenvalue weighted by Crippen LogP contribution is 2.49. The van der Waals surface area contributed by atoms with Gasteiger partial charge in [0.25, 0.3) is 0 Å². The first-order valence-corrected chi connectivity index (χ1v) is 8.49. The molecule has 0 spiro atoms. The number of nitrogens with one attached hydrogen (secondary N) is 1. The number of rotatable bonds is 8. The molecule has 1 amide bonds. The summed E-state index contributed by atoms with van der Waals surface area (Å²) in [6, 6.07) is 0.776. The summed E-state index contributed by atoms with van der Waals surface area (Å²) in [7, 11) is 0. The topological polar surface area (TPSA) is 41.6 Å². The van der Waals surface area contributed by atoms with E-state index in [0.717, 1.165) is 38.4 Å². The Labute approximate surface area is 129 Å². The molecule has 1 N–H and O–H groups in total. The molecule has 1 saturated carbocycles. The van der Waals surface area contributed by atoms with Crippen LogP contribution in [0.25, 0.3) is 0 Å². The van der Waals surface area contributed by atoms with Crippen LogP contribution in [0.4, 0.5) is 0 Å². The number of ether oxygens (including phenoxy) is 1. The zero-order valence-corrected chi connectivity index (χ0v) is 14.0. The molecule has 0 aromatic heterocycles. The van der Waals surface area contributed by atoms with Crippen LogP contribution in [-0.2, 0) is 9.53 Å². The molecule has 0 radical (unpaired) electrons. The number of carbonyl (C=O) groups excluding carboxylic acids is 1. The van der Waals surface area contributed by atoms with Crippen LogP contribution < -0.4 is 5.32 Å². The molecular formula is C17H32N2O2. The lowest BCUT2D eigenvalue weighted by Crippen LogP contribution is -2.51. The smallest absolute Gasteiger partial charge is 0.207 e. The first-order chi connectivity index (χ1) is 9.94. The van der Waals surface area contributed by atoms with E-state index in [0.29, 0.717) is 5.41 Å². The van der Waals surface area contributed by atoms with Crippen molar-refractivity contribution in [1.29, 1.82) is 0 Å². The summed E-state index contributed by atoms with van der Waals surface area (Å²) in [6.07, 6.45) is 8.31. The molecule has 0 aromatic carbocycles. The molecule has 21 heavy (non-hydrogen) atoms. The van der Waals surface area contributed by atoms with Crippen molar-refractivity contribution in [2.24, 2.45) is 5.41 Å². The highest BCUT2D eigenvalue weighted by Gasteiger charge is 2.46. The van der Waals surface area contributed by atoms with E-state index in [1.165, 1.54) is 38.8 Å². The second kappa shape index (κ2) is 7.10. The number of amides is 1. The largest absolute Gasteiger partial charge is 0.376 e. The minimum atomic E-state index is -0.0552. The van der Waals surface area contributed by atoms with Crippen molar-refractivity contribution in [2.75, 3.05) is 26.2 Å². The maximum absolute atomic E-state index is 10.5. The molecular weight excluding hydrogens is 264 g/mol. The van der Waals surface area contributed by atoms with Gasteiger partial charge in [0, 0.05) is 19.2 Å². The van der Waals surface area contributed by atoms with Crippen LogP contribution in [0.1, 0.15) is 59.3 Å². The predicted octanol–water partition coefficient (Wildman–Crippen LogP) is 2.57. The lowest BCUT2D eigenvalue weighted by molar-refractivity contribution is -0.109. The molecule has 0 aromatic rings. The van der Waals surface area contributed by atoms with Crippen molar-refractivity contribution in [3.8, 4) is 0 Å². The first-order valence-electron chi connectivity index (χ1n) is 8.49. The van der Waals surface area contributed by atoms with Gasteiger partial charge in [-0.3, -0.25) is 4.79 Å². The van der Waals surface area contributed by atoms with Crippen LogP contribution in [0, 0.1) is 5.41 Å². The SMILES string of the molecule is CC(C)(C)OCCC1(CCNC=O)CC(N2CCCC2)C1. The lowest BCUT2D eigenvalue weighted by atomic mass is 9.61. The zero-order valence-electron chi connectivity index (χ0n) is 14.0. The van der Waals surface area contributed by atoms with Crippen LogP contribution in [0.5, 0.6) is 0 Å². The molecule has 122 valence electrons. The average molecular weight is 296 g/mol. The molecule has 0 bridgehead atoms. The van der Waals surface area contributed by atoms with E-state index in [1.807, 2.05) is 0 Å². The van der Waals surface area contributed by atoms with Gasteiger partial charge >= 0.3 is 0 Å². The summed E-state index contributed by atoms with van der Waals surface area (Å²) in [5.41, 5.74) is 0.328. The summed E-state index contributed by atoms with van der Waals surface area (Å²) in [6.45, 7) is 10.5. The van der Waals surface area contributed by atoms with E-state index in [2.05, 4.69) is 31.0 Å². The molecule has 1 heterocycles. The maximum atomic E-state index is 10.5. The van der Waals surface area contributed by atoms with Crippen LogP contribution >= 0.6 is 0 Å². The van der Waals surface area contributed by atoms with Crippen molar-refractivity contribution in [3.63, 3.8) is 0 Å². The molecule has 1 aliphatic heterocycles. The van der Waals surface area contributed by atoms with Gasteiger partial charge in [0.15, 0.2) is 0 Å². The third kappa shape index (κ3) is 4.96. The molecule has 1 aliphatic carbocycles. The van der Waals surface area contributed by atoms with Crippen molar-refractivity contribution < 1.29 is 9.53 Å². The fourth-order valence-corrected chi connectivity index (χ4v) is 3.81. The molecule has 0 atom stereocenters. The van der Waals surface area contributed by atoms with Gasteiger partial charge in [-0.15, -0.1) is 0 Å². The number of likely N-dealkylation sites (tertiary alicyclic amines) is 1. The van der Waals surface area contributed by atoms with Crippen molar-refractivity contribution >= 4 is 6.41 Å². The van der Waals surface area contributed by atoms with Gasteiger partial charge in [0.1, 0.15) is 0 Å². The van der Waals surface area contributed by atoms with Crippen molar-refractivity contribution in [3.05, 3.63) is 0 Å². The van der Waals surface area contributed by atoms with Gasteiger partial charge in [-0.05, 0) is 77.8 Å². The highest BCUT2D eigenvalue weighted by atomic mass is 16.5. The Kier molecular flexibility index (Phi) is 5.67. The lowest BCUT2D eigenvalue weighted by Gasteiger charge is -2.52. The molecule has 1 saturated heterocycles. The van der Waals surface area contributed by atoms with E-state index in [9.17, 15) is 4.79 Å². The monoisotopic (exact) mass is 296 g/mol. The second-order valence-electron chi connectivity index (χ2n) is 7.84. The summed E-state index contributed by atoms with van der Waals surface area (Å²) < 4.78 is 5.92. The average Bonchev–Trinajstić information content (AvgIpc) is 2.86. The van der Waals surface area contributed by atoms with E-state index < -0.39 is 0 Å². The van der Waals surface area contributed by atoms with E-state index in [4.69, 9.17) is 4.74 Å². The Bertz CT molecular complexity index is 326. The molecule has 4 heteroatoms. The highest BCUT2D eigenvalue weighted by molar-refractivity contribution is 5.45. The van der Waals surface area contributed by atoms with Crippen molar-refractivity contribution in [1.82, 2.24) is 10.2 Å². The van der Waals surface area contributed by atoms with E-state index in [-0.39, 0.29) is 5.60 Å². The Morgan fingerprint density at radius 1 is 1.24 bits per heavy atom. The summed E-state index contributed by atoms with van der Waals surface area (Å²) in [5.74, 6) is 0. The normalized spacial score (nSPS) is 30.1. The minimum absolute atomic E-state index is 0.0552. The van der Waals surface area contributed by atoms with Crippen LogP contribution in [0.2, 0.25) is 0 Å². The van der Waals surface area contributed by atoms with Crippen LogP contribution in [-0.4, -0.2) is 49.2 Å². The Balaban J connectivity index is 1.79. The Morgan fingerprint density at radius 3 is 2.48 bits per heavy atom. The first kappa shape index (κ1) is 16.8. The zero-order chi connectivity index (χ0) is 15.3. The van der Waals surface area contributed by atoms with Gasteiger partial charge in [0.2, 0.25) is 6.41 Å². The second-order valence-corrected chi connectivity index (χ2v) is 7.84. The summed E-state index contributed by atoms with van der Waals surface area (Å²) in [5, 5.41) is 2.83. The van der Waals surface area contributed by atoms with Gasteiger partial charge in [0.05, 0.1) is 5.60 Å². The number of nitrogens with zero attached hydrogens (tertiary/aromatic N) is 1. The fraction of sp³-hybridized carbons (Fsp3) is 0.941. The molecule has 2 aliphatic rings. The molecule has 2 rings (SSSR count). The van der Waals surface area contributed by atoms with Gasteiger partial charge in [-0.1, -0.05) is 0 Å². The molecule has 2 fully saturated rings. The maximum Gasteiger partial charge on any atom is 0.207 e. The third-order valence-electron chi connectivity index (χ3n) is 5.04. The number of carbonyl (C=O) groups is 1. The molecule has 0 unspecified atom stereocenters. The minimum Gasteiger partial charge on any atom is -0.376 e. The summed E-state index contributed by atoms with van der Waals surface area (Å²) >= 11 is 0. The third-order valence-corrected chi connectivity index (χ3v) is 5.04. The molecule has 4 nitrogen and oxygen atoms in total. The van der Waals surface area contributed by atoms with Crippen LogP contribution in [0.15, 0.2) is 0 Å². The van der Waals surface area contributed by atoms with Gasteiger partial charge in [-0.25, -0.2) is 0 Å². The van der Waals surface area contributed by atoms with E-state index >= 15 is 0 Å². The predicted molar refractivity (Wildman–Crippen MR) is 85.3 cm³/mol. The standard InChI is InChI=1S/C17H32N2O2/c1-16(2,3)21-11-7-17(6-8-18-14-20)12-15(13-17)19-9-4-5-10-19/h14-15H,4-13H2,1-3H3,(H,18,20). The van der Waals surface area contributed by atoms with Gasteiger partial charge < -0.3 is 15.0 Å². The van der Waals surface area contributed by atoms with E-state index in [1.54, 1.807) is 0 Å². The van der Waals surface area contributed by atoms with Gasteiger partial charge in [-0.2, -0.15) is 0 Å². The summed E-state index contributed by atoms with van der Waals surface area (Å²) in [4.78, 5) is 13.1. The Hall–Kier alpha value is -0.610. The fourth-order valence-electron chi connectivity index (χ4n) is 3.81. The quantitative estimate of drug-likeness (QED) is 0.553. The van der Waals surface area contributed by atoms with Crippen LogP contribution in [0.3, 0.4) is 0 Å². The van der Waals surface area contributed by atoms with Crippen molar-refractivity contribution in [2.45, 2.75) is 70.9 Å². The number of hydrogen-bond donors (Lipinski definition) is 1. The Morgan fingerprint density at radius 2 is 1.90 bits per heavy atom. The number of hydrogen-bond acceptors (Lipinski definition) is 3.